The van der Waals surface area contributed by atoms with Gasteiger partial charge in [-0.2, -0.15) is 0 Å². The molecule has 0 aliphatic carbocycles. The van der Waals surface area contributed by atoms with Gasteiger partial charge in [0.15, 0.2) is 0 Å². The maximum absolute atomic E-state index is 12.5. The Balaban J connectivity index is 1.78. The van der Waals surface area contributed by atoms with E-state index >= 15 is 0 Å². The summed E-state index contributed by atoms with van der Waals surface area (Å²) in [4.78, 5) is 16.1. The molecule has 0 amide bonds. The standard InChI is InChI=1S/C20H21NO2S/c1-3-23-20(22)19-17-11-7-10-16-15(14-8-5-4-6-9-14)12-18(21(16)17)13(2)24-19/h4-10,17,19H,3,11-12H2,1-2H3/t17-,19+/m0/s1. The SMILES string of the molecule is CCOC(=O)[C@@H]1SC(C)=C2CC(c3ccccc3)=C3C=CC[C@@H]1N32. The summed E-state index contributed by atoms with van der Waals surface area (Å²) in [6, 6.07) is 10.7. The zero-order valence-electron chi connectivity index (χ0n) is 14.0. The van der Waals surface area contributed by atoms with Crippen LogP contribution in [0.2, 0.25) is 0 Å². The number of ether oxygens (including phenoxy) is 1. The van der Waals surface area contributed by atoms with Gasteiger partial charge in [0.2, 0.25) is 0 Å². The fourth-order valence-electron chi connectivity index (χ4n) is 3.83. The predicted molar refractivity (Wildman–Crippen MR) is 98.1 cm³/mol. The second-order valence-corrected chi connectivity index (χ2v) is 7.63. The lowest BCUT2D eigenvalue weighted by molar-refractivity contribution is -0.143. The van der Waals surface area contributed by atoms with E-state index in [1.807, 2.05) is 13.0 Å². The van der Waals surface area contributed by atoms with Gasteiger partial charge < -0.3 is 9.64 Å². The number of benzene rings is 1. The molecule has 0 saturated heterocycles. The maximum Gasteiger partial charge on any atom is 0.321 e. The molecule has 0 radical (unpaired) electrons. The number of carbonyl (C=O) groups is 1. The highest BCUT2D eigenvalue weighted by Crippen LogP contribution is 2.51. The molecule has 0 saturated carbocycles. The molecule has 1 aromatic rings. The number of hydrogen-bond donors (Lipinski definition) is 0. The van der Waals surface area contributed by atoms with Crippen LogP contribution in [0.5, 0.6) is 0 Å². The van der Waals surface area contributed by atoms with Crippen LogP contribution in [0.1, 0.15) is 32.3 Å². The molecular formula is C20H21NO2S. The maximum atomic E-state index is 12.5. The van der Waals surface area contributed by atoms with E-state index in [1.165, 1.54) is 27.4 Å². The minimum Gasteiger partial charge on any atom is -0.465 e. The van der Waals surface area contributed by atoms with Gasteiger partial charge in [0.25, 0.3) is 0 Å². The second kappa shape index (κ2) is 6.17. The Morgan fingerprint density at radius 2 is 2.12 bits per heavy atom. The number of hydrogen-bond acceptors (Lipinski definition) is 4. The van der Waals surface area contributed by atoms with Gasteiger partial charge in [-0.3, -0.25) is 4.79 Å². The Morgan fingerprint density at radius 1 is 1.33 bits per heavy atom. The van der Waals surface area contributed by atoms with Crippen molar-refractivity contribution in [2.45, 2.75) is 38.0 Å². The van der Waals surface area contributed by atoms with Crippen LogP contribution in [0.3, 0.4) is 0 Å². The van der Waals surface area contributed by atoms with Gasteiger partial charge in [-0.1, -0.05) is 36.4 Å². The monoisotopic (exact) mass is 339 g/mol. The molecule has 2 atom stereocenters. The Kier molecular flexibility index (Phi) is 4.01. The third kappa shape index (κ3) is 2.40. The summed E-state index contributed by atoms with van der Waals surface area (Å²) >= 11 is 1.68. The highest BCUT2D eigenvalue weighted by molar-refractivity contribution is 8.04. The molecule has 0 N–H and O–H groups in total. The second-order valence-electron chi connectivity index (χ2n) is 6.28. The van der Waals surface area contributed by atoms with E-state index in [-0.39, 0.29) is 17.3 Å². The molecule has 0 spiro atoms. The van der Waals surface area contributed by atoms with Crippen molar-refractivity contribution in [1.82, 2.24) is 4.90 Å². The zero-order valence-corrected chi connectivity index (χ0v) is 14.8. The van der Waals surface area contributed by atoms with Crippen molar-refractivity contribution in [3.8, 4) is 0 Å². The lowest BCUT2D eigenvalue weighted by atomic mass is 9.99. The number of thioether (sulfide) groups is 1. The van der Waals surface area contributed by atoms with Crippen molar-refractivity contribution in [3.05, 3.63) is 64.3 Å². The van der Waals surface area contributed by atoms with Crippen LogP contribution in [0, 0.1) is 0 Å². The molecule has 3 nitrogen and oxygen atoms in total. The summed E-state index contributed by atoms with van der Waals surface area (Å²) < 4.78 is 5.33. The van der Waals surface area contributed by atoms with Crippen LogP contribution in [0.25, 0.3) is 5.57 Å². The van der Waals surface area contributed by atoms with Crippen LogP contribution >= 0.6 is 11.8 Å². The number of esters is 1. The summed E-state index contributed by atoms with van der Waals surface area (Å²) in [5, 5.41) is -0.149. The molecule has 1 aromatic carbocycles. The van der Waals surface area contributed by atoms with Gasteiger partial charge in [-0.15, -0.1) is 11.8 Å². The molecule has 4 heteroatoms. The molecule has 3 aliphatic heterocycles. The highest BCUT2D eigenvalue weighted by atomic mass is 32.2. The number of nitrogens with zero attached hydrogens (tertiary/aromatic N) is 1. The van der Waals surface area contributed by atoms with E-state index in [0.29, 0.717) is 6.61 Å². The van der Waals surface area contributed by atoms with Crippen molar-refractivity contribution in [2.75, 3.05) is 6.61 Å². The lowest BCUT2D eigenvalue weighted by Gasteiger charge is -2.42. The largest absolute Gasteiger partial charge is 0.465 e. The van der Waals surface area contributed by atoms with Crippen LogP contribution in [-0.4, -0.2) is 28.8 Å². The molecule has 4 rings (SSSR count). The van der Waals surface area contributed by atoms with Crippen molar-refractivity contribution < 1.29 is 9.53 Å². The molecule has 3 heterocycles. The van der Waals surface area contributed by atoms with Gasteiger partial charge in [-0.05, 0) is 37.5 Å². The Labute approximate surface area is 147 Å². The van der Waals surface area contributed by atoms with Crippen LogP contribution in [0.4, 0.5) is 0 Å². The van der Waals surface area contributed by atoms with E-state index in [1.54, 1.807) is 11.8 Å². The quantitative estimate of drug-likeness (QED) is 0.766. The summed E-state index contributed by atoms with van der Waals surface area (Å²) in [5.41, 5.74) is 5.23. The summed E-state index contributed by atoms with van der Waals surface area (Å²) in [7, 11) is 0. The molecule has 0 unspecified atom stereocenters. The fraction of sp³-hybridized carbons (Fsp3) is 0.350. The lowest BCUT2D eigenvalue weighted by Crippen LogP contribution is -2.47. The number of rotatable bonds is 3. The van der Waals surface area contributed by atoms with E-state index in [2.05, 4.69) is 48.2 Å². The minimum atomic E-state index is -0.149. The van der Waals surface area contributed by atoms with Crippen LogP contribution < -0.4 is 0 Å². The molecule has 0 bridgehead atoms. The van der Waals surface area contributed by atoms with E-state index in [9.17, 15) is 4.79 Å². The van der Waals surface area contributed by atoms with Crippen molar-refractivity contribution >= 4 is 23.3 Å². The first-order valence-electron chi connectivity index (χ1n) is 8.48. The molecule has 0 aromatic heterocycles. The van der Waals surface area contributed by atoms with Gasteiger partial charge in [0.1, 0.15) is 5.25 Å². The third-order valence-corrected chi connectivity index (χ3v) is 6.24. The number of allylic oxidation sites excluding steroid dienone is 3. The van der Waals surface area contributed by atoms with Crippen molar-refractivity contribution in [3.63, 3.8) is 0 Å². The normalized spacial score (nSPS) is 25.2. The average molecular weight is 339 g/mol. The molecule has 3 aliphatic rings. The molecule has 0 fully saturated rings. The number of carbonyl (C=O) groups excluding carboxylic acids is 1. The Hall–Kier alpha value is -1.94. The van der Waals surface area contributed by atoms with Crippen molar-refractivity contribution in [2.24, 2.45) is 0 Å². The smallest absolute Gasteiger partial charge is 0.321 e. The average Bonchev–Trinajstić information content (AvgIpc) is 3.00. The molecule has 124 valence electrons. The molecule has 24 heavy (non-hydrogen) atoms. The van der Waals surface area contributed by atoms with Crippen LogP contribution in [0.15, 0.2) is 58.8 Å². The Morgan fingerprint density at radius 3 is 2.88 bits per heavy atom. The first-order valence-corrected chi connectivity index (χ1v) is 9.36. The summed E-state index contributed by atoms with van der Waals surface area (Å²) in [6.07, 6.45) is 6.25. The predicted octanol–water partition coefficient (Wildman–Crippen LogP) is 4.34. The zero-order chi connectivity index (χ0) is 16.7. The first-order chi connectivity index (χ1) is 11.7. The first kappa shape index (κ1) is 15.6. The minimum absolute atomic E-state index is 0.0892. The van der Waals surface area contributed by atoms with E-state index in [0.717, 1.165) is 12.8 Å². The molecular weight excluding hydrogens is 318 g/mol. The van der Waals surface area contributed by atoms with Gasteiger partial charge in [0.05, 0.1) is 12.6 Å². The summed E-state index contributed by atoms with van der Waals surface area (Å²) in [6.45, 7) is 4.44. The van der Waals surface area contributed by atoms with Gasteiger partial charge >= 0.3 is 5.97 Å². The fourth-order valence-corrected chi connectivity index (χ4v) is 5.07. The topological polar surface area (TPSA) is 29.5 Å². The van der Waals surface area contributed by atoms with Crippen LogP contribution in [-0.2, 0) is 9.53 Å². The third-order valence-electron chi connectivity index (χ3n) is 4.89. The Bertz CT molecular complexity index is 763. The van der Waals surface area contributed by atoms with Gasteiger partial charge in [-0.25, -0.2) is 0 Å². The van der Waals surface area contributed by atoms with E-state index in [4.69, 9.17) is 4.74 Å². The highest BCUT2D eigenvalue weighted by Gasteiger charge is 2.45. The van der Waals surface area contributed by atoms with E-state index < -0.39 is 0 Å². The van der Waals surface area contributed by atoms with Gasteiger partial charge in [0, 0.05) is 22.7 Å². The van der Waals surface area contributed by atoms with Crippen molar-refractivity contribution in [1.29, 1.82) is 0 Å². The summed E-state index contributed by atoms with van der Waals surface area (Å²) in [5.74, 6) is -0.0892.